The molecule has 0 bridgehead atoms. The fourth-order valence-corrected chi connectivity index (χ4v) is 7.02. The number of aromatic amines is 1. The minimum absolute atomic E-state index is 0.182. The van der Waals surface area contributed by atoms with Crippen molar-refractivity contribution in [2.24, 2.45) is 0 Å². The zero-order chi connectivity index (χ0) is 28.1. The van der Waals surface area contributed by atoms with Crippen molar-refractivity contribution >= 4 is 28.8 Å². The predicted molar refractivity (Wildman–Crippen MR) is 154 cm³/mol. The molecule has 1 aromatic carbocycles. The standard InChI is InChI=1S/C31H29F2N5O2S/c32-31(33)13-10-20(11-14-31)35-29(39)26-16-19-12-15-38(25-7-2-1-4-21(25)28(19)41-26)30(40)24-6-3-5-23(36-24)22-17-34-37-27(22)18-8-9-18/h1-7,16-18,20H,8-15H2,(H,34,37)(H,35,39). The van der Waals surface area contributed by atoms with Crippen LogP contribution in [0.2, 0.25) is 0 Å². The predicted octanol–water partition coefficient (Wildman–Crippen LogP) is 6.59. The molecule has 7 nitrogen and oxygen atoms in total. The van der Waals surface area contributed by atoms with Gasteiger partial charge in [0.1, 0.15) is 5.69 Å². The van der Waals surface area contributed by atoms with Crippen LogP contribution >= 0.6 is 11.3 Å². The van der Waals surface area contributed by atoms with E-state index in [0.717, 1.165) is 51.5 Å². The Bertz CT molecular complexity index is 1630. The molecule has 10 heteroatoms. The monoisotopic (exact) mass is 573 g/mol. The Kier molecular flexibility index (Phi) is 6.45. The second-order valence-corrected chi connectivity index (χ2v) is 12.2. The van der Waals surface area contributed by atoms with Crippen LogP contribution in [-0.4, -0.2) is 45.5 Å². The summed E-state index contributed by atoms with van der Waals surface area (Å²) in [5.41, 5.74) is 5.69. The number of carbonyl (C=O) groups is 2. The van der Waals surface area contributed by atoms with Crippen LogP contribution in [0, 0.1) is 0 Å². The third kappa shape index (κ3) is 5.05. The lowest BCUT2D eigenvalue weighted by Crippen LogP contribution is -2.40. The number of fused-ring (bicyclic) bond motifs is 3. The highest BCUT2D eigenvalue weighted by Crippen LogP contribution is 2.44. The molecule has 0 unspecified atom stereocenters. The molecule has 2 aliphatic carbocycles. The number of rotatable bonds is 5. The summed E-state index contributed by atoms with van der Waals surface area (Å²) in [5, 5.41) is 10.3. The number of carbonyl (C=O) groups excluding carboxylic acids is 2. The number of H-pyrrole nitrogens is 1. The van der Waals surface area contributed by atoms with Crippen LogP contribution in [0.5, 0.6) is 0 Å². The van der Waals surface area contributed by atoms with Gasteiger partial charge >= 0.3 is 0 Å². The third-order valence-electron chi connectivity index (χ3n) is 8.25. The molecule has 4 heterocycles. The van der Waals surface area contributed by atoms with E-state index >= 15 is 0 Å². The van der Waals surface area contributed by atoms with Crippen molar-refractivity contribution in [2.75, 3.05) is 11.4 Å². The molecule has 2 fully saturated rings. The van der Waals surface area contributed by atoms with Gasteiger partial charge in [0.05, 0.1) is 22.0 Å². The first-order valence-electron chi connectivity index (χ1n) is 14.1. The topological polar surface area (TPSA) is 91.0 Å². The number of alkyl halides is 2. The summed E-state index contributed by atoms with van der Waals surface area (Å²) < 4.78 is 27.1. The van der Waals surface area contributed by atoms with Gasteiger partial charge in [-0.15, -0.1) is 11.3 Å². The van der Waals surface area contributed by atoms with Crippen molar-refractivity contribution in [3.8, 4) is 21.7 Å². The van der Waals surface area contributed by atoms with Crippen LogP contribution in [0.1, 0.15) is 75.9 Å². The van der Waals surface area contributed by atoms with Crippen LogP contribution in [-0.2, 0) is 6.42 Å². The van der Waals surface area contributed by atoms with E-state index in [0.29, 0.717) is 29.5 Å². The Morgan fingerprint density at radius 1 is 1.02 bits per heavy atom. The van der Waals surface area contributed by atoms with E-state index in [1.54, 1.807) is 11.0 Å². The van der Waals surface area contributed by atoms with Crippen molar-refractivity contribution in [3.05, 3.63) is 76.6 Å². The van der Waals surface area contributed by atoms with Gasteiger partial charge in [-0.05, 0) is 61.9 Å². The maximum absolute atomic E-state index is 13.9. The van der Waals surface area contributed by atoms with Gasteiger partial charge in [-0.3, -0.25) is 14.7 Å². The Hall–Kier alpha value is -3.92. The first-order valence-corrected chi connectivity index (χ1v) is 14.9. The lowest BCUT2D eigenvalue weighted by Gasteiger charge is -2.28. The molecule has 2 saturated carbocycles. The van der Waals surface area contributed by atoms with E-state index < -0.39 is 5.92 Å². The number of halogens is 2. The number of hydrogen-bond donors (Lipinski definition) is 2. The van der Waals surface area contributed by atoms with Crippen molar-refractivity contribution in [1.82, 2.24) is 20.5 Å². The molecule has 41 heavy (non-hydrogen) atoms. The quantitative estimate of drug-likeness (QED) is 0.282. The van der Waals surface area contributed by atoms with Crippen molar-refractivity contribution in [3.63, 3.8) is 0 Å². The van der Waals surface area contributed by atoms with Crippen LogP contribution in [0.25, 0.3) is 21.7 Å². The molecule has 3 aromatic heterocycles. The number of aromatic nitrogens is 3. The lowest BCUT2D eigenvalue weighted by molar-refractivity contribution is -0.0399. The maximum Gasteiger partial charge on any atom is 0.276 e. The molecule has 0 spiro atoms. The average Bonchev–Trinajstić information content (AvgIpc) is 3.59. The van der Waals surface area contributed by atoms with Crippen molar-refractivity contribution in [1.29, 1.82) is 0 Å². The van der Waals surface area contributed by atoms with Gasteiger partial charge < -0.3 is 10.2 Å². The van der Waals surface area contributed by atoms with E-state index in [-0.39, 0.29) is 43.5 Å². The molecule has 2 amide bonds. The van der Waals surface area contributed by atoms with E-state index in [9.17, 15) is 18.4 Å². The van der Waals surface area contributed by atoms with Gasteiger partial charge in [0, 0.05) is 53.5 Å². The summed E-state index contributed by atoms with van der Waals surface area (Å²) in [6, 6.07) is 14.9. The molecule has 4 aromatic rings. The van der Waals surface area contributed by atoms with Crippen LogP contribution in [0.4, 0.5) is 14.5 Å². The highest BCUT2D eigenvalue weighted by molar-refractivity contribution is 7.17. The van der Waals surface area contributed by atoms with Crippen molar-refractivity contribution < 1.29 is 18.4 Å². The number of benzene rings is 1. The van der Waals surface area contributed by atoms with Crippen molar-refractivity contribution in [2.45, 2.75) is 62.8 Å². The smallest absolute Gasteiger partial charge is 0.276 e. The number of anilines is 1. The second-order valence-electron chi connectivity index (χ2n) is 11.2. The van der Waals surface area contributed by atoms with Crippen LogP contribution < -0.4 is 10.2 Å². The molecule has 3 aliphatic rings. The number of nitrogens with one attached hydrogen (secondary N) is 2. The summed E-state index contributed by atoms with van der Waals surface area (Å²) in [5.74, 6) is -2.59. The minimum Gasteiger partial charge on any atom is -0.349 e. The fourth-order valence-electron chi connectivity index (χ4n) is 5.88. The Morgan fingerprint density at radius 2 is 1.83 bits per heavy atom. The number of nitrogens with zero attached hydrogens (tertiary/aromatic N) is 3. The number of amides is 2. The van der Waals surface area contributed by atoms with E-state index in [2.05, 4.69) is 15.5 Å². The SMILES string of the molecule is O=C(NC1CCC(F)(F)CC1)c1cc2c(s1)-c1ccccc1N(C(=O)c1cccc(-c3c[nH]nc3C3CC3)n1)CC2. The van der Waals surface area contributed by atoms with Gasteiger partial charge in [0.25, 0.3) is 11.8 Å². The largest absolute Gasteiger partial charge is 0.349 e. The number of pyridine rings is 1. The Labute approximate surface area is 240 Å². The molecule has 2 N–H and O–H groups in total. The molecular formula is C31H29F2N5O2S. The van der Waals surface area contributed by atoms with Gasteiger partial charge in [-0.25, -0.2) is 13.8 Å². The number of thiophene rings is 1. The van der Waals surface area contributed by atoms with E-state index in [1.807, 2.05) is 48.7 Å². The molecule has 7 rings (SSSR count). The Balaban J connectivity index is 1.14. The molecule has 1 aliphatic heterocycles. The molecule has 210 valence electrons. The summed E-state index contributed by atoms with van der Waals surface area (Å²) in [4.78, 5) is 35.0. The zero-order valence-electron chi connectivity index (χ0n) is 22.3. The summed E-state index contributed by atoms with van der Waals surface area (Å²) in [7, 11) is 0. The maximum atomic E-state index is 13.9. The summed E-state index contributed by atoms with van der Waals surface area (Å²) in [6.45, 7) is 0.434. The van der Waals surface area contributed by atoms with Gasteiger partial charge in [-0.2, -0.15) is 5.10 Å². The lowest BCUT2D eigenvalue weighted by atomic mass is 9.92. The first kappa shape index (κ1) is 26.0. The molecule has 0 saturated heterocycles. The normalized spacial score (nSPS) is 18.3. The van der Waals surface area contributed by atoms with Gasteiger partial charge in [0.15, 0.2) is 0 Å². The highest BCUT2D eigenvalue weighted by Gasteiger charge is 2.36. The van der Waals surface area contributed by atoms with Crippen LogP contribution in [0.3, 0.4) is 0 Å². The number of para-hydroxylation sites is 1. The van der Waals surface area contributed by atoms with Gasteiger partial charge in [0.2, 0.25) is 5.92 Å². The molecule has 0 atom stereocenters. The second kappa shape index (κ2) is 10.2. The fraction of sp³-hybridized carbons (Fsp3) is 0.355. The highest BCUT2D eigenvalue weighted by atomic mass is 32.1. The van der Waals surface area contributed by atoms with Crippen LogP contribution in [0.15, 0.2) is 54.7 Å². The summed E-state index contributed by atoms with van der Waals surface area (Å²) in [6.07, 6.45) is 4.82. The zero-order valence-corrected chi connectivity index (χ0v) is 23.1. The first-order chi connectivity index (χ1) is 19.9. The number of hydrogen-bond acceptors (Lipinski definition) is 5. The van der Waals surface area contributed by atoms with E-state index in [4.69, 9.17) is 4.98 Å². The average molecular weight is 574 g/mol. The minimum atomic E-state index is -2.63. The third-order valence-corrected chi connectivity index (χ3v) is 9.46. The molecular weight excluding hydrogens is 544 g/mol. The molecule has 0 radical (unpaired) electrons. The summed E-state index contributed by atoms with van der Waals surface area (Å²) >= 11 is 1.38. The van der Waals surface area contributed by atoms with Gasteiger partial charge in [-0.1, -0.05) is 24.3 Å². The van der Waals surface area contributed by atoms with E-state index in [1.165, 1.54) is 11.3 Å². The Morgan fingerprint density at radius 3 is 2.63 bits per heavy atom.